The zero-order chi connectivity index (χ0) is 7.82. The monoisotopic (exact) mass is 140 g/mol. The van der Waals surface area contributed by atoms with Crippen molar-refractivity contribution in [2.45, 2.75) is 45.1 Å². The number of terminal acetylenes is 1. The van der Waals surface area contributed by atoms with E-state index < -0.39 is 0 Å². The molecule has 0 rings (SSSR count). The average molecular weight is 140 g/mol. The molecule has 1 atom stereocenters. The molecule has 0 saturated carbocycles. The highest BCUT2D eigenvalue weighted by atomic mass is 16.3. The van der Waals surface area contributed by atoms with Crippen LogP contribution in [-0.2, 0) is 0 Å². The summed E-state index contributed by atoms with van der Waals surface area (Å²) in [7, 11) is 0. The molecule has 1 N–H and O–H groups in total. The van der Waals surface area contributed by atoms with E-state index in [2.05, 4.69) is 12.8 Å². The molecule has 0 aliphatic carbocycles. The number of hydrogen-bond donors (Lipinski definition) is 1. The Morgan fingerprint density at radius 2 is 2.20 bits per heavy atom. The summed E-state index contributed by atoms with van der Waals surface area (Å²) in [6, 6.07) is 0. The van der Waals surface area contributed by atoms with Crippen molar-refractivity contribution >= 4 is 0 Å². The first-order chi connectivity index (χ1) is 4.81. The maximum atomic E-state index is 9.21. The molecule has 0 aromatic heterocycles. The summed E-state index contributed by atoms with van der Waals surface area (Å²) in [5.41, 5.74) is 0. The number of rotatable bonds is 5. The van der Waals surface area contributed by atoms with Crippen LogP contribution in [-0.4, -0.2) is 11.2 Å². The van der Waals surface area contributed by atoms with E-state index in [1.54, 1.807) is 0 Å². The highest BCUT2D eigenvalue weighted by Crippen LogP contribution is 2.05. The molecule has 0 aliphatic rings. The van der Waals surface area contributed by atoms with Crippen LogP contribution in [0.2, 0.25) is 0 Å². The Hall–Kier alpha value is -0.480. The smallest absolute Gasteiger partial charge is 0.0540 e. The van der Waals surface area contributed by atoms with Crippen LogP contribution in [0.15, 0.2) is 0 Å². The number of aliphatic hydroxyl groups excluding tert-OH is 1. The molecule has 10 heavy (non-hydrogen) atoms. The van der Waals surface area contributed by atoms with Gasteiger partial charge in [-0.25, -0.2) is 0 Å². The Morgan fingerprint density at radius 3 is 2.70 bits per heavy atom. The fourth-order valence-corrected chi connectivity index (χ4v) is 0.917. The first kappa shape index (κ1) is 9.52. The normalized spacial score (nSPS) is 12.5. The van der Waals surface area contributed by atoms with Crippen molar-refractivity contribution < 1.29 is 5.11 Å². The summed E-state index contributed by atoms with van der Waals surface area (Å²) in [5.74, 6) is 2.55. The van der Waals surface area contributed by atoms with Gasteiger partial charge in [0, 0.05) is 6.42 Å². The van der Waals surface area contributed by atoms with Crippen LogP contribution >= 0.6 is 0 Å². The molecule has 0 heterocycles. The summed E-state index contributed by atoms with van der Waals surface area (Å²) in [5, 5.41) is 9.21. The molecule has 0 spiro atoms. The maximum absolute atomic E-state index is 9.21. The van der Waals surface area contributed by atoms with Gasteiger partial charge in [-0.05, 0) is 19.3 Å². The van der Waals surface area contributed by atoms with Crippen molar-refractivity contribution in [1.82, 2.24) is 0 Å². The lowest BCUT2D eigenvalue weighted by atomic mass is 10.1. The van der Waals surface area contributed by atoms with E-state index in [9.17, 15) is 5.11 Å². The fraction of sp³-hybridized carbons (Fsp3) is 0.778. The van der Waals surface area contributed by atoms with E-state index >= 15 is 0 Å². The zero-order valence-electron chi connectivity index (χ0n) is 6.64. The van der Waals surface area contributed by atoms with Crippen molar-refractivity contribution in [2.75, 3.05) is 0 Å². The minimum absolute atomic E-state index is 0.127. The molecule has 0 amide bonds. The lowest BCUT2D eigenvalue weighted by molar-refractivity contribution is 0.151. The standard InChI is InChI=1S/C9H16O/c1-3-5-6-8-9(10)7-4-2/h1,9-10H,4-8H2,2H3. The lowest BCUT2D eigenvalue weighted by Gasteiger charge is -2.06. The second-order valence-corrected chi connectivity index (χ2v) is 2.54. The van der Waals surface area contributed by atoms with Gasteiger partial charge in [-0.1, -0.05) is 13.3 Å². The summed E-state index contributed by atoms with van der Waals surface area (Å²) in [6.07, 6.45) is 9.50. The predicted molar refractivity (Wildman–Crippen MR) is 43.6 cm³/mol. The summed E-state index contributed by atoms with van der Waals surface area (Å²) in [4.78, 5) is 0. The summed E-state index contributed by atoms with van der Waals surface area (Å²) >= 11 is 0. The van der Waals surface area contributed by atoms with Gasteiger partial charge in [0.25, 0.3) is 0 Å². The van der Waals surface area contributed by atoms with Gasteiger partial charge in [0.05, 0.1) is 6.10 Å². The third-order valence-electron chi connectivity index (χ3n) is 1.48. The number of unbranched alkanes of at least 4 members (excludes halogenated alkanes) is 1. The Balaban J connectivity index is 3.06. The first-order valence-electron chi connectivity index (χ1n) is 3.92. The summed E-state index contributed by atoms with van der Waals surface area (Å²) in [6.45, 7) is 2.07. The Labute approximate surface area is 63.5 Å². The van der Waals surface area contributed by atoms with Gasteiger partial charge in [0.1, 0.15) is 0 Å². The number of aliphatic hydroxyl groups is 1. The van der Waals surface area contributed by atoms with E-state index in [1.807, 2.05) is 0 Å². The third-order valence-corrected chi connectivity index (χ3v) is 1.48. The molecular weight excluding hydrogens is 124 g/mol. The molecule has 1 unspecified atom stereocenters. The van der Waals surface area contributed by atoms with Crippen LogP contribution < -0.4 is 0 Å². The quantitative estimate of drug-likeness (QED) is 0.457. The number of hydrogen-bond acceptors (Lipinski definition) is 1. The van der Waals surface area contributed by atoms with Gasteiger partial charge in [-0.2, -0.15) is 0 Å². The van der Waals surface area contributed by atoms with E-state index in [0.717, 1.165) is 32.1 Å². The molecule has 1 heteroatoms. The maximum Gasteiger partial charge on any atom is 0.0540 e. The molecule has 0 radical (unpaired) electrons. The Bertz CT molecular complexity index is 102. The predicted octanol–water partition coefficient (Wildman–Crippen LogP) is 1.95. The van der Waals surface area contributed by atoms with Crippen molar-refractivity contribution in [3.05, 3.63) is 0 Å². The molecule has 58 valence electrons. The minimum Gasteiger partial charge on any atom is -0.393 e. The van der Waals surface area contributed by atoms with Crippen LogP contribution in [0.5, 0.6) is 0 Å². The largest absolute Gasteiger partial charge is 0.393 e. The molecule has 0 bridgehead atoms. The van der Waals surface area contributed by atoms with Crippen molar-refractivity contribution in [3.63, 3.8) is 0 Å². The first-order valence-corrected chi connectivity index (χ1v) is 3.92. The summed E-state index contributed by atoms with van der Waals surface area (Å²) < 4.78 is 0. The third kappa shape index (κ3) is 5.65. The molecule has 0 aromatic rings. The zero-order valence-corrected chi connectivity index (χ0v) is 6.64. The van der Waals surface area contributed by atoms with Crippen molar-refractivity contribution in [2.24, 2.45) is 0 Å². The van der Waals surface area contributed by atoms with Gasteiger partial charge < -0.3 is 5.11 Å². The van der Waals surface area contributed by atoms with Gasteiger partial charge in [-0.15, -0.1) is 12.3 Å². The molecular formula is C9H16O. The van der Waals surface area contributed by atoms with Crippen LogP contribution in [0.25, 0.3) is 0 Å². The molecule has 1 nitrogen and oxygen atoms in total. The van der Waals surface area contributed by atoms with Gasteiger partial charge >= 0.3 is 0 Å². The molecule has 0 saturated heterocycles. The van der Waals surface area contributed by atoms with E-state index in [-0.39, 0.29) is 6.10 Å². The van der Waals surface area contributed by atoms with E-state index in [1.165, 1.54) is 0 Å². The van der Waals surface area contributed by atoms with Gasteiger partial charge in [0.2, 0.25) is 0 Å². The van der Waals surface area contributed by atoms with Gasteiger partial charge in [0.15, 0.2) is 0 Å². The van der Waals surface area contributed by atoms with Crippen LogP contribution in [0, 0.1) is 12.3 Å². The second kappa shape index (κ2) is 6.64. The van der Waals surface area contributed by atoms with Crippen LogP contribution in [0.3, 0.4) is 0 Å². The van der Waals surface area contributed by atoms with Crippen molar-refractivity contribution in [3.8, 4) is 12.3 Å². The highest BCUT2D eigenvalue weighted by Gasteiger charge is 1.99. The van der Waals surface area contributed by atoms with E-state index in [0.29, 0.717) is 0 Å². The minimum atomic E-state index is -0.127. The molecule has 0 fully saturated rings. The topological polar surface area (TPSA) is 20.2 Å². The lowest BCUT2D eigenvalue weighted by Crippen LogP contribution is -2.04. The van der Waals surface area contributed by atoms with Gasteiger partial charge in [-0.3, -0.25) is 0 Å². The molecule has 0 aliphatic heterocycles. The average Bonchev–Trinajstić information content (AvgIpc) is 1.89. The Morgan fingerprint density at radius 1 is 1.50 bits per heavy atom. The SMILES string of the molecule is C#CCCCC(O)CCC. The molecule has 0 aromatic carbocycles. The van der Waals surface area contributed by atoms with Crippen molar-refractivity contribution in [1.29, 1.82) is 0 Å². The highest BCUT2D eigenvalue weighted by molar-refractivity contribution is 4.83. The van der Waals surface area contributed by atoms with Crippen LogP contribution in [0.4, 0.5) is 0 Å². The Kier molecular flexibility index (Phi) is 6.32. The fourth-order valence-electron chi connectivity index (χ4n) is 0.917. The second-order valence-electron chi connectivity index (χ2n) is 2.54. The van der Waals surface area contributed by atoms with Crippen LogP contribution in [0.1, 0.15) is 39.0 Å². The van der Waals surface area contributed by atoms with E-state index in [4.69, 9.17) is 6.42 Å².